The van der Waals surface area contributed by atoms with Gasteiger partial charge >= 0.3 is 11.8 Å². The maximum absolute atomic E-state index is 13.1. The lowest BCUT2D eigenvalue weighted by atomic mass is 10.2. The van der Waals surface area contributed by atoms with Crippen molar-refractivity contribution in [3.63, 3.8) is 0 Å². The van der Waals surface area contributed by atoms with E-state index in [-0.39, 0.29) is 5.82 Å². The zero-order valence-corrected chi connectivity index (χ0v) is 16.4. The number of aromatic nitrogens is 1. The van der Waals surface area contributed by atoms with E-state index in [2.05, 4.69) is 15.6 Å². The molecule has 0 aliphatic carbocycles. The van der Waals surface area contributed by atoms with E-state index in [9.17, 15) is 14.0 Å². The second-order valence-electron chi connectivity index (χ2n) is 6.36. The van der Waals surface area contributed by atoms with Crippen LogP contribution in [0, 0.1) is 19.7 Å². The summed E-state index contributed by atoms with van der Waals surface area (Å²) < 4.78 is 13.1. The van der Waals surface area contributed by atoms with Crippen molar-refractivity contribution in [1.82, 2.24) is 10.3 Å². The van der Waals surface area contributed by atoms with Crippen LogP contribution < -0.4 is 10.6 Å². The standard InChI is InChI=1S/C21H20FN3O2S/c1-13-3-9-17(10-4-13)25-20(27)19(26)23-12-11-18-14(2)24-21(28-18)15-5-7-16(22)8-6-15/h3-10H,11-12H2,1-2H3,(H,23,26)(H,25,27). The molecule has 0 atom stereocenters. The quantitative estimate of drug-likeness (QED) is 0.642. The minimum absolute atomic E-state index is 0.288. The molecule has 5 nitrogen and oxygen atoms in total. The molecule has 1 heterocycles. The van der Waals surface area contributed by atoms with Crippen LogP contribution in [0.5, 0.6) is 0 Å². The third-order valence-corrected chi connectivity index (χ3v) is 5.40. The average molecular weight is 397 g/mol. The molecule has 1 aromatic heterocycles. The molecule has 7 heteroatoms. The monoisotopic (exact) mass is 397 g/mol. The van der Waals surface area contributed by atoms with E-state index in [4.69, 9.17) is 0 Å². The smallest absolute Gasteiger partial charge is 0.313 e. The van der Waals surface area contributed by atoms with Crippen molar-refractivity contribution < 1.29 is 14.0 Å². The summed E-state index contributed by atoms with van der Waals surface area (Å²) in [7, 11) is 0. The molecule has 0 saturated heterocycles. The fourth-order valence-corrected chi connectivity index (χ4v) is 3.64. The van der Waals surface area contributed by atoms with Crippen LogP contribution in [0.4, 0.5) is 10.1 Å². The number of nitrogens with zero attached hydrogens (tertiary/aromatic N) is 1. The molecular weight excluding hydrogens is 377 g/mol. The first-order valence-corrected chi connectivity index (χ1v) is 9.62. The number of hydrogen-bond acceptors (Lipinski definition) is 4. The maximum atomic E-state index is 13.1. The number of thiazole rings is 1. The molecule has 3 aromatic rings. The molecule has 0 radical (unpaired) electrons. The Morgan fingerprint density at radius 3 is 2.36 bits per heavy atom. The second-order valence-corrected chi connectivity index (χ2v) is 7.44. The Balaban J connectivity index is 1.53. The Morgan fingerprint density at radius 1 is 1.00 bits per heavy atom. The SMILES string of the molecule is Cc1ccc(NC(=O)C(=O)NCCc2sc(-c3ccc(F)cc3)nc2C)cc1. The molecule has 0 bridgehead atoms. The normalized spacial score (nSPS) is 10.5. The largest absolute Gasteiger partial charge is 0.347 e. The third kappa shape index (κ3) is 5.01. The molecule has 0 aliphatic rings. The van der Waals surface area contributed by atoms with Gasteiger partial charge in [-0.1, -0.05) is 17.7 Å². The van der Waals surface area contributed by atoms with E-state index < -0.39 is 11.8 Å². The van der Waals surface area contributed by atoms with E-state index in [0.29, 0.717) is 18.7 Å². The van der Waals surface area contributed by atoms with Gasteiger partial charge in [0.05, 0.1) is 5.69 Å². The minimum Gasteiger partial charge on any atom is -0.347 e. The van der Waals surface area contributed by atoms with Crippen LogP contribution in [0.15, 0.2) is 48.5 Å². The molecule has 0 aliphatic heterocycles. The molecule has 0 unspecified atom stereocenters. The first kappa shape index (κ1) is 19.7. The first-order chi connectivity index (χ1) is 13.4. The molecular formula is C21H20FN3O2S. The summed E-state index contributed by atoms with van der Waals surface area (Å²) >= 11 is 1.50. The molecule has 144 valence electrons. The van der Waals surface area contributed by atoms with Gasteiger partial charge < -0.3 is 10.6 Å². The van der Waals surface area contributed by atoms with E-state index in [1.165, 1.54) is 23.5 Å². The van der Waals surface area contributed by atoms with Gasteiger partial charge in [0.25, 0.3) is 0 Å². The van der Waals surface area contributed by atoms with Crippen LogP contribution in [0.25, 0.3) is 10.6 Å². The highest BCUT2D eigenvalue weighted by atomic mass is 32.1. The van der Waals surface area contributed by atoms with E-state index in [1.807, 2.05) is 26.0 Å². The van der Waals surface area contributed by atoms with Crippen molar-refractivity contribution in [2.75, 3.05) is 11.9 Å². The van der Waals surface area contributed by atoms with E-state index in [1.54, 1.807) is 24.3 Å². The number of rotatable bonds is 5. The predicted octanol–water partition coefficient (Wildman–Crippen LogP) is 3.86. The Morgan fingerprint density at radius 2 is 1.68 bits per heavy atom. The van der Waals surface area contributed by atoms with E-state index >= 15 is 0 Å². The van der Waals surface area contributed by atoms with Crippen LogP contribution in [-0.2, 0) is 16.0 Å². The topological polar surface area (TPSA) is 71.1 Å². The number of benzene rings is 2. The van der Waals surface area contributed by atoms with Gasteiger partial charge in [-0.25, -0.2) is 9.37 Å². The summed E-state index contributed by atoms with van der Waals surface area (Å²) in [5, 5.41) is 5.99. The first-order valence-electron chi connectivity index (χ1n) is 8.80. The summed E-state index contributed by atoms with van der Waals surface area (Å²) in [5.41, 5.74) is 3.36. The number of amides is 2. The van der Waals surface area contributed by atoms with E-state index in [0.717, 1.165) is 26.7 Å². The van der Waals surface area contributed by atoms with Gasteiger partial charge in [-0.15, -0.1) is 11.3 Å². The molecule has 2 aromatic carbocycles. The van der Waals surface area contributed by atoms with Crippen molar-refractivity contribution >= 4 is 28.8 Å². The minimum atomic E-state index is -0.697. The van der Waals surface area contributed by atoms with Crippen LogP contribution >= 0.6 is 11.3 Å². The molecule has 3 rings (SSSR count). The number of halogens is 1. The highest BCUT2D eigenvalue weighted by molar-refractivity contribution is 7.15. The van der Waals surface area contributed by atoms with Gasteiger partial charge in [0.1, 0.15) is 10.8 Å². The van der Waals surface area contributed by atoms with Crippen LogP contribution in [0.1, 0.15) is 16.1 Å². The Labute approximate surface area is 166 Å². The van der Waals surface area contributed by atoms with Crippen LogP contribution in [0.3, 0.4) is 0 Å². The zero-order valence-electron chi connectivity index (χ0n) is 15.6. The molecule has 0 saturated carbocycles. The fourth-order valence-electron chi connectivity index (χ4n) is 2.57. The third-order valence-electron chi connectivity index (χ3n) is 4.14. The highest BCUT2D eigenvalue weighted by Crippen LogP contribution is 2.28. The summed E-state index contributed by atoms with van der Waals surface area (Å²) in [6.45, 7) is 4.16. The number of carbonyl (C=O) groups excluding carboxylic acids is 2. The summed E-state index contributed by atoms with van der Waals surface area (Å²) in [6, 6.07) is 13.4. The maximum Gasteiger partial charge on any atom is 0.313 e. The molecule has 0 fully saturated rings. The van der Waals surface area contributed by atoms with Crippen LogP contribution in [-0.4, -0.2) is 23.3 Å². The van der Waals surface area contributed by atoms with Gasteiger partial charge in [-0.2, -0.15) is 0 Å². The Hall–Kier alpha value is -3.06. The highest BCUT2D eigenvalue weighted by Gasteiger charge is 2.14. The number of aryl methyl sites for hydroxylation is 2. The summed E-state index contributed by atoms with van der Waals surface area (Å²) in [6.07, 6.45) is 0.564. The fraction of sp³-hybridized carbons (Fsp3) is 0.190. The molecule has 2 N–H and O–H groups in total. The van der Waals surface area contributed by atoms with Gasteiger partial charge in [0.15, 0.2) is 0 Å². The summed E-state index contributed by atoms with van der Waals surface area (Å²) in [5.74, 6) is -1.66. The Bertz CT molecular complexity index is 982. The lowest BCUT2D eigenvalue weighted by Crippen LogP contribution is -2.36. The van der Waals surface area contributed by atoms with Gasteiger partial charge in [-0.05, 0) is 50.2 Å². The summed E-state index contributed by atoms with van der Waals surface area (Å²) in [4.78, 5) is 29.5. The van der Waals surface area contributed by atoms with Gasteiger partial charge in [0.2, 0.25) is 0 Å². The van der Waals surface area contributed by atoms with Crippen molar-refractivity contribution in [2.45, 2.75) is 20.3 Å². The van der Waals surface area contributed by atoms with Gasteiger partial charge in [-0.3, -0.25) is 9.59 Å². The average Bonchev–Trinajstić information content (AvgIpc) is 3.04. The second kappa shape index (κ2) is 8.75. The lowest BCUT2D eigenvalue weighted by Gasteiger charge is -2.06. The van der Waals surface area contributed by atoms with Crippen molar-refractivity contribution in [3.8, 4) is 10.6 Å². The number of nitrogens with one attached hydrogen (secondary N) is 2. The molecule has 0 spiro atoms. The predicted molar refractivity (Wildman–Crippen MR) is 109 cm³/mol. The van der Waals surface area contributed by atoms with Crippen molar-refractivity contribution in [2.24, 2.45) is 0 Å². The number of hydrogen-bond donors (Lipinski definition) is 2. The zero-order chi connectivity index (χ0) is 20.1. The Kier molecular flexibility index (Phi) is 6.16. The van der Waals surface area contributed by atoms with Gasteiger partial charge in [0, 0.05) is 29.1 Å². The van der Waals surface area contributed by atoms with Crippen LogP contribution in [0.2, 0.25) is 0 Å². The number of carbonyl (C=O) groups is 2. The lowest BCUT2D eigenvalue weighted by molar-refractivity contribution is -0.136. The van der Waals surface area contributed by atoms with Crippen molar-refractivity contribution in [1.29, 1.82) is 0 Å². The van der Waals surface area contributed by atoms with Crippen molar-refractivity contribution in [3.05, 3.63) is 70.5 Å². The number of anilines is 1. The molecule has 28 heavy (non-hydrogen) atoms. The molecule has 2 amide bonds.